The summed E-state index contributed by atoms with van der Waals surface area (Å²) >= 11 is 0. The first-order valence-corrected chi connectivity index (χ1v) is 4.50. The van der Waals surface area contributed by atoms with Gasteiger partial charge in [0.1, 0.15) is 13.0 Å². The highest BCUT2D eigenvalue weighted by atomic mass is 16.7. The number of carbonyl (C=O) groups excluding carboxylic acids is 1. The first-order valence-electron chi connectivity index (χ1n) is 4.50. The Hall–Kier alpha value is -1.12. The summed E-state index contributed by atoms with van der Waals surface area (Å²) < 4.78 is 15.0. The van der Waals surface area contributed by atoms with Crippen LogP contribution >= 0.6 is 0 Å². The second-order valence-electron chi connectivity index (χ2n) is 2.36. The van der Waals surface area contributed by atoms with Crippen LogP contribution in [0.3, 0.4) is 0 Å². The predicted molar refractivity (Wildman–Crippen MR) is 48.2 cm³/mol. The summed E-state index contributed by atoms with van der Waals surface area (Å²) in [6.45, 7) is 4.65. The fourth-order valence-corrected chi connectivity index (χ4v) is 0.793. The lowest BCUT2D eigenvalue weighted by molar-refractivity contribution is -0.178. The van der Waals surface area contributed by atoms with Crippen LogP contribution in [0, 0.1) is 11.3 Å². The molecule has 80 valence electrons. The molecule has 5 nitrogen and oxygen atoms in total. The molecule has 0 unspecified atom stereocenters. The fraction of sp³-hybridized carbons (Fsp3) is 0.778. The molecule has 0 aliphatic heterocycles. The van der Waals surface area contributed by atoms with Crippen molar-refractivity contribution < 1.29 is 19.0 Å². The summed E-state index contributed by atoms with van der Waals surface area (Å²) in [7, 11) is 0. The molecule has 0 rings (SSSR count). The third-order valence-corrected chi connectivity index (χ3v) is 1.31. The van der Waals surface area contributed by atoms with Crippen molar-refractivity contribution >= 4 is 5.97 Å². The summed E-state index contributed by atoms with van der Waals surface area (Å²) in [5.74, 6) is -0.558. The Bertz CT molecular complexity index is 193. The van der Waals surface area contributed by atoms with Crippen LogP contribution in [0.5, 0.6) is 0 Å². The molecule has 0 amide bonds. The molecule has 0 aromatic rings. The number of hydrogen-bond acceptors (Lipinski definition) is 5. The number of carbonyl (C=O) groups is 1. The maximum atomic E-state index is 10.8. The summed E-state index contributed by atoms with van der Waals surface area (Å²) in [6, 6.07) is 1.70. The number of nitrogens with zero attached hydrogens (tertiary/aromatic N) is 1. The SMILES string of the molecule is CCOC(COC(=O)CC#N)OCC. The van der Waals surface area contributed by atoms with Crippen LogP contribution in [0.25, 0.3) is 0 Å². The Labute approximate surface area is 83.6 Å². The van der Waals surface area contributed by atoms with Crippen LogP contribution in [-0.4, -0.2) is 32.1 Å². The van der Waals surface area contributed by atoms with Crippen molar-refractivity contribution in [3.8, 4) is 6.07 Å². The Morgan fingerprint density at radius 2 is 1.93 bits per heavy atom. The van der Waals surface area contributed by atoms with Gasteiger partial charge in [0, 0.05) is 13.2 Å². The van der Waals surface area contributed by atoms with Gasteiger partial charge in [0.25, 0.3) is 0 Å². The smallest absolute Gasteiger partial charge is 0.320 e. The molecule has 0 radical (unpaired) electrons. The number of ether oxygens (including phenoxy) is 3. The van der Waals surface area contributed by atoms with Gasteiger partial charge in [-0.1, -0.05) is 0 Å². The first-order chi connectivity index (χ1) is 6.74. The molecule has 0 aromatic carbocycles. The molecule has 0 heterocycles. The Morgan fingerprint density at radius 3 is 2.36 bits per heavy atom. The lowest BCUT2D eigenvalue weighted by Gasteiger charge is -2.16. The molecule has 0 aliphatic carbocycles. The van der Waals surface area contributed by atoms with E-state index in [0.29, 0.717) is 13.2 Å². The standard InChI is InChI=1S/C9H15NO4/c1-3-12-9(13-4-2)7-14-8(11)5-6-10/h9H,3-5,7H2,1-2H3. The molecule has 0 aromatic heterocycles. The zero-order valence-electron chi connectivity index (χ0n) is 8.49. The second-order valence-corrected chi connectivity index (χ2v) is 2.36. The van der Waals surface area contributed by atoms with Crippen LogP contribution < -0.4 is 0 Å². The van der Waals surface area contributed by atoms with E-state index in [0.717, 1.165) is 0 Å². The molecule has 0 saturated carbocycles. The Balaban J connectivity index is 3.69. The highest BCUT2D eigenvalue weighted by Gasteiger charge is 2.10. The van der Waals surface area contributed by atoms with Crippen LogP contribution in [0.1, 0.15) is 20.3 Å². The third kappa shape index (κ3) is 6.40. The Kier molecular flexibility index (Phi) is 7.80. The van der Waals surface area contributed by atoms with Crippen molar-refractivity contribution in [2.24, 2.45) is 0 Å². The van der Waals surface area contributed by atoms with Gasteiger partial charge in [-0.2, -0.15) is 5.26 Å². The quantitative estimate of drug-likeness (QED) is 0.451. The van der Waals surface area contributed by atoms with Gasteiger partial charge in [0.2, 0.25) is 0 Å². The van der Waals surface area contributed by atoms with Crippen molar-refractivity contribution in [1.29, 1.82) is 5.26 Å². The van der Waals surface area contributed by atoms with Crippen LogP contribution in [0.15, 0.2) is 0 Å². The van der Waals surface area contributed by atoms with Gasteiger partial charge in [-0.25, -0.2) is 0 Å². The summed E-state index contributed by atoms with van der Waals surface area (Å²) in [6.07, 6.45) is -0.780. The number of esters is 1. The van der Waals surface area contributed by atoms with Gasteiger partial charge in [0.05, 0.1) is 6.07 Å². The second kappa shape index (κ2) is 8.48. The van der Waals surface area contributed by atoms with Crippen LogP contribution in [-0.2, 0) is 19.0 Å². The van der Waals surface area contributed by atoms with E-state index in [1.54, 1.807) is 6.07 Å². The van der Waals surface area contributed by atoms with Gasteiger partial charge in [-0.15, -0.1) is 0 Å². The van der Waals surface area contributed by atoms with E-state index in [2.05, 4.69) is 0 Å². The van der Waals surface area contributed by atoms with Gasteiger partial charge in [-0.05, 0) is 13.8 Å². The number of nitriles is 1. The van der Waals surface area contributed by atoms with E-state index < -0.39 is 12.3 Å². The minimum Gasteiger partial charge on any atom is -0.460 e. The summed E-state index contributed by atoms with van der Waals surface area (Å²) in [5, 5.41) is 8.20. The molecule has 0 bridgehead atoms. The van der Waals surface area contributed by atoms with E-state index in [4.69, 9.17) is 19.5 Å². The van der Waals surface area contributed by atoms with E-state index in [9.17, 15) is 4.79 Å². The zero-order valence-corrected chi connectivity index (χ0v) is 8.49. The minimum atomic E-state index is -0.558. The van der Waals surface area contributed by atoms with Gasteiger partial charge >= 0.3 is 5.97 Å². The molecule has 0 atom stereocenters. The van der Waals surface area contributed by atoms with Gasteiger partial charge in [0.15, 0.2) is 6.29 Å². The van der Waals surface area contributed by atoms with E-state index in [1.807, 2.05) is 13.8 Å². The van der Waals surface area contributed by atoms with Gasteiger partial charge < -0.3 is 14.2 Å². The maximum Gasteiger partial charge on any atom is 0.320 e. The summed E-state index contributed by atoms with van der Waals surface area (Å²) in [4.78, 5) is 10.8. The molecule has 0 fully saturated rings. The van der Waals surface area contributed by atoms with Crippen molar-refractivity contribution in [3.63, 3.8) is 0 Å². The lowest BCUT2D eigenvalue weighted by atomic mass is 10.5. The normalized spacial score (nSPS) is 9.86. The predicted octanol–water partition coefficient (Wildman–Crippen LogP) is 0.842. The van der Waals surface area contributed by atoms with E-state index in [-0.39, 0.29) is 13.0 Å². The van der Waals surface area contributed by atoms with Crippen molar-refractivity contribution in [1.82, 2.24) is 0 Å². The molecule has 0 saturated heterocycles. The number of rotatable bonds is 7. The van der Waals surface area contributed by atoms with Crippen molar-refractivity contribution in [2.45, 2.75) is 26.6 Å². The zero-order chi connectivity index (χ0) is 10.8. The molecule has 14 heavy (non-hydrogen) atoms. The van der Waals surface area contributed by atoms with Gasteiger partial charge in [-0.3, -0.25) is 4.79 Å². The average Bonchev–Trinajstić information content (AvgIpc) is 2.15. The van der Waals surface area contributed by atoms with Crippen LogP contribution in [0.4, 0.5) is 0 Å². The highest BCUT2D eigenvalue weighted by molar-refractivity contribution is 5.71. The van der Waals surface area contributed by atoms with E-state index in [1.165, 1.54) is 0 Å². The molecule has 0 N–H and O–H groups in total. The maximum absolute atomic E-state index is 10.8. The third-order valence-electron chi connectivity index (χ3n) is 1.31. The lowest BCUT2D eigenvalue weighted by Crippen LogP contribution is -2.25. The molecule has 0 spiro atoms. The largest absolute Gasteiger partial charge is 0.460 e. The number of hydrogen-bond donors (Lipinski definition) is 0. The Morgan fingerprint density at radius 1 is 1.36 bits per heavy atom. The molecule has 5 heteroatoms. The average molecular weight is 201 g/mol. The summed E-state index contributed by atoms with van der Waals surface area (Å²) in [5.41, 5.74) is 0. The van der Waals surface area contributed by atoms with Crippen molar-refractivity contribution in [3.05, 3.63) is 0 Å². The van der Waals surface area contributed by atoms with Crippen molar-refractivity contribution in [2.75, 3.05) is 19.8 Å². The topological polar surface area (TPSA) is 68.5 Å². The monoisotopic (exact) mass is 201 g/mol. The molecule has 0 aliphatic rings. The van der Waals surface area contributed by atoms with Crippen LogP contribution in [0.2, 0.25) is 0 Å². The fourth-order valence-electron chi connectivity index (χ4n) is 0.793. The highest BCUT2D eigenvalue weighted by Crippen LogP contribution is 1.97. The molecular formula is C9H15NO4. The first kappa shape index (κ1) is 12.9. The minimum absolute atomic E-state index is 0.0300. The molecular weight excluding hydrogens is 186 g/mol. The van der Waals surface area contributed by atoms with E-state index >= 15 is 0 Å².